The van der Waals surface area contributed by atoms with Gasteiger partial charge in [-0.1, -0.05) is 0 Å². The number of carboxylic acid groups (broad SMARTS) is 2. The quantitative estimate of drug-likeness (QED) is 0.196. The van der Waals surface area contributed by atoms with Crippen LogP contribution in [0.1, 0.15) is 39.5 Å². The number of carboxylic acids is 2. The van der Waals surface area contributed by atoms with Crippen LogP contribution in [-0.2, 0) is 9.59 Å². The molecule has 39 heavy (non-hydrogen) atoms. The number of hydrogen-bond donors (Lipinski definition) is 0. The second-order valence-corrected chi connectivity index (χ2v) is 12.0. The van der Waals surface area contributed by atoms with Gasteiger partial charge in [-0.25, -0.2) is 52.7 Å². The number of halogens is 12. The molecule has 0 bridgehead atoms. The Morgan fingerprint density at radius 3 is 1.18 bits per heavy atom. The van der Waals surface area contributed by atoms with Gasteiger partial charge in [0.1, 0.15) is 0 Å². The van der Waals surface area contributed by atoms with E-state index in [0.29, 0.717) is 0 Å². The van der Waals surface area contributed by atoms with Crippen LogP contribution < -0.4 is 10.2 Å². The fraction of sp³-hybridized carbons (Fsp3) is 0.545. The van der Waals surface area contributed by atoms with Crippen LogP contribution >= 0.6 is 0 Å². The molecule has 4 nitrogen and oxygen atoms in total. The van der Waals surface area contributed by atoms with Gasteiger partial charge in [-0.3, -0.25) is 0 Å². The summed E-state index contributed by atoms with van der Waals surface area (Å²) in [5.74, 6) is -27.9. The maximum absolute atomic E-state index is 13.0. The van der Waals surface area contributed by atoms with Gasteiger partial charge in [0.2, 0.25) is 23.7 Å². The zero-order valence-corrected chi connectivity index (χ0v) is 22.9. The van der Waals surface area contributed by atoms with Crippen LogP contribution in [0.15, 0.2) is 46.6 Å². The van der Waals surface area contributed by atoms with E-state index in [9.17, 15) is 72.5 Å². The molecule has 0 spiro atoms. The first-order valence-electron chi connectivity index (χ1n) is 10.9. The molecule has 0 aromatic rings. The van der Waals surface area contributed by atoms with E-state index in [1.165, 1.54) is 25.7 Å². The Morgan fingerprint density at radius 1 is 0.667 bits per heavy atom. The Kier molecular flexibility index (Phi) is 14.7. The van der Waals surface area contributed by atoms with Crippen LogP contribution in [0.5, 0.6) is 0 Å². The molecule has 0 radical (unpaired) electrons. The smallest absolute Gasteiger partial charge is 0.241 e. The van der Waals surface area contributed by atoms with Crippen molar-refractivity contribution < 1.29 is 72.5 Å². The maximum Gasteiger partial charge on any atom is 0.241 e. The molecule has 0 aliphatic heterocycles. The van der Waals surface area contributed by atoms with Crippen molar-refractivity contribution in [2.24, 2.45) is 0 Å². The standard InChI is InChI=1S/2C7H2F6O2.2C4H9.Sn/c2*8-1-2(9)4(11)7(13,6(14)15)5(12)3(1)10;2*1-3-4-2;/h2*4H,(H,14,15);2*1,3-4H2,2H3;/q;;;;+2/p-2. The zero-order chi connectivity index (χ0) is 30.9. The molecule has 0 aromatic heterocycles. The number of allylic oxidation sites excluding steroid dienone is 6. The van der Waals surface area contributed by atoms with Crippen LogP contribution in [0, 0.1) is 0 Å². The summed E-state index contributed by atoms with van der Waals surface area (Å²) in [7, 11) is 0. The Morgan fingerprint density at radius 2 is 0.949 bits per heavy atom. The molecule has 0 amide bonds. The van der Waals surface area contributed by atoms with E-state index in [0.717, 1.165) is 0 Å². The first-order chi connectivity index (χ1) is 17.9. The van der Waals surface area contributed by atoms with Gasteiger partial charge in [0.25, 0.3) is 0 Å². The topological polar surface area (TPSA) is 80.3 Å². The molecule has 220 valence electrons. The first-order valence-corrected chi connectivity index (χ1v) is 15.0. The van der Waals surface area contributed by atoms with E-state index in [4.69, 9.17) is 0 Å². The molecule has 0 aromatic carbocycles. The van der Waals surface area contributed by atoms with E-state index in [-0.39, 0.29) is 21.1 Å². The minimum atomic E-state index is -4.68. The number of hydrogen-bond acceptors (Lipinski definition) is 4. The van der Waals surface area contributed by atoms with Gasteiger partial charge in [-0.2, -0.15) is 0 Å². The number of unbranched alkanes of at least 4 members (excludes halogenated alkanes) is 2. The summed E-state index contributed by atoms with van der Waals surface area (Å²) in [6, 6.07) is 0. The van der Waals surface area contributed by atoms with Crippen molar-refractivity contribution in [2.75, 3.05) is 0 Å². The number of carbonyl (C=O) groups excluding carboxylic acids is 2. The minimum absolute atomic E-state index is 0.149. The molecule has 4 atom stereocenters. The van der Waals surface area contributed by atoms with Gasteiger partial charge in [0.15, 0.2) is 46.6 Å². The van der Waals surface area contributed by atoms with Gasteiger partial charge in [0.05, 0.1) is 11.9 Å². The Hall–Kier alpha value is -2.14. The van der Waals surface area contributed by atoms with Crippen molar-refractivity contribution in [3.63, 3.8) is 0 Å². The zero-order valence-electron chi connectivity index (χ0n) is 20.1. The molecule has 4 unspecified atom stereocenters. The van der Waals surface area contributed by atoms with Crippen molar-refractivity contribution in [3.05, 3.63) is 46.6 Å². The molecular weight excluding hydrogens is 675 g/mol. The Labute approximate surface area is 224 Å². The molecule has 2 aliphatic rings. The average molecular weight is 695 g/mol. The number of rotatable bonds is 8. The molecule has 0 saturated carbocycles. The maximum atomic E-state index is 13.0. The summed E-state index contributed by atoms with van der Waals surface area (Å²) in [6.45, 7) is 4.58. The SMILES string of the molecule is CCC[CH2][Sn+2][CH2]CCC.O=C([O-])C1(F)C(F)=C(F)C(F)=C(F)C1F.O=C([O-])C1(F)C(F)=C(F)C(F)=C(F)C1F. The summed E-state index contributed by atoms with van der Waals surface area (Å²) in [4.78, 5) is 20.0. The van der Waals surface area contributed by atoms with E-state index in [2.05, 4.69) is 13.8 Å². The average Bonchev–Trinajstić information content (AvgIpc) is 2.91. The summed E-state index contributed by atoms with van der Waals surface area (Å²) < 4.78 is 154. The molecule has 0 N–H and O–H groups in total. The molecule has 0 saturated heterocycles. The second-order valence-electron chi connectivity index (χ2n) is 7.76. The van der Waals surface area contributed by atoms with Gasteiger partial charge < -0.3 is 19.8 Å². The van der Waals surface area contributed by atoms with Gasteiger partial charge in [-0.05, 0) is 0 Å². The monoisotopic (exact) mass is 696 g/mol. The van der Waals surface area contributed by atoms with E-state index in [1.807, 2.05) is 0 Å². The fourth-order valence-corrected chi connectivity index (χ4v) is 6.79. The second kappa shape index (κ2) is 15.6. The Bertz CT molecular complexity index is 964. The molecule has 2 aliphatic carbocycles. The van der Waals surface area contributed by atoms with Crippen molar-refractivity contribution in [3.8, 4) is 0 Å². The summed E-state index contributed by atoms with van der Waals surface area (Å²) in [5.41, 5.74) is -9.35. The normalized spacial score (nSPS) is 26.9. The van der Waals surface area contributed by atoms with Crippen LogP contribution in [0.2, 0.25) is 8.87 Å². The molecule has 2 rings (SSSR count). The van der Waals surface area contributed by atoms with E-state index >= 15 is 0 Å². The molecule has 17 heteroatoms. The third-order valence-corrected chi connectivity index (χ3v) is 9.02. The number of carbonyl (C=O) groups is 2. The van der Waals surface area contributed by atoms with Gasteiger partial charge >= 0.3 is 69.5 Å². The minimum Gasteiger partial charge on any atom is -0.546 e. The summed E-state index contributed by atoms with van der Waals surface area (Å²) in [6.07, 6.45) is -1.80. The molecular formula is C22H20F12O4Sn. The van der Waals surface area contributed by atoms with Crippen molar-refractivity contribution in [1.82, 2.24) is 0 Å². The summed E-state index contributed by atoms with van der Waals surface area (Å²) in [5, 5.41) is 20.0. The predicted octanol–water partition coefficient (Wildman–Crippen LogP) is 5.32. The predicted molar refractivity (Wildman–Crippen MR) is 110 cm³/mol. The van der Waals surface area contributed by atoms with Crippen LogP contribution in [0.4, 0.5) is 52.7 Å². The van der Waals surface area contributed by atoms with Gasteiger partial charge in [0, 0.05) is 0 Å². The van der Waals surface area contributed by atoms with Crippen LogP contribution in [0.3, 0.4) is 0 Å². The fourth-order valence-electron chi connectivity index (χ4n) is 2.63. The number of alkyl halides is 4. The van der Waals surface area contributed by atoms with Crippen molar-refractivity contribution >= 4 is 33.1 Å². The Balaban J connectivity index is 0.000000576. The third-order valence-electron chi connectivity index (χ3n) is 4.98. The third kappa shape index (κ3) is 7.96. The largest absolute Gasteiger partial charge is 0.546 e. The number of aliphatic carboxylic acids is 2. The van der Waals surface area contributed by atoms with E-state index < -0.39 is 82.2 Å². The van der Waals surface area contributed by atoms with Crippen LogP contribution in [-0.4, -0.2) is 56.8 Å². The summed E-state index contributed by atoms with van der Waals surface area (Å²) >= 11 is 0.149. The van der Waals surface area contributed by atoms with Crippen molar-refractivity contribution in [2.45, 2.75) is 72.1 Å². The van der Waals surface area contributed by atoms with Crippen LogP contribution in [0.25, 0.3) is 0 Å². The molecule has 0 fully saturated rings. The van der Waals surface area contributed by atoms with Gasteiger partial charge in [-0.15, -0.1) is 0 Å². The first kappa shape index (κ1) is 36.9. The van der Waals surface area contributed by atoms with E-state index in [1.54, 1.807) is 8.87 Å². The van der Waals surface area contributed by atoms with Crippen molar-refractivity contribution in [1.29, 1.82) is 0 Å². The molecule has 0 heterocycles.